The maximum absolute atomic E-state index is 3.72. The lowest BCUT2D eigenvalue weighted by Crippen LogP contribution is -2.42. The molecule has 1 aromatic heterocycles. The molecule has 0 bridgehead atoms. The summed E-state index contributed by atoms with van der Waals surface area (Å²) in [5.74, 6) is 0. The van der Waals surface area contributed by atoms with Gasteiger partial charge in [-0.05, 0) is 62.0 Å². The molecule has 20 heavy (non-hydrogen) atoms. The second-order valence-electron chi connectivity index (χ2n) is 5.90. The van der Waals surface area contributed by atoms with Gasteiger partial charge in [0, 0.05) is 24.3 Å². The van der Waals surface area contributed by atoms with Gasteiger partial charge in [0.2, 0.25) is 0 Å². The van der Waals surface area contributed by atoms with Crippen molar-refractivity contribution in [1.82, 2.24) is 15.2 Å². The van der Waals surface area contributed by atoms with Gasteiger partial charge in [0.15, 0.2) is 0 Å². The van der Waals surface area contributed by atoms with Gasteiger partial charge >= 0.3 is 0 Å². The first-order valence-electron chi connectivity index (χ1n) is 7.87. The summed E-state index contributed by atoms with van der Waals surface area (Å²) in [7, 11) is 0. The second kappa shape index (κ2) is 6.42. The van der Waals surface area contributed by atoms with E-state index in [0.717, 1.165) is 6.54 Å². The van der Waals surface area contributed by atoms with E-state index in [9.17, 15) is 0 Å². The van der Waals surface area contributed by atoms with Gasteiger partial charge in [-0.3, -0.25) is 0 Å². The third kappa shape index (κ3) is 3.22. The molecule has 0 saturated carbocycles. The molecule has 0 spiro atoms. The van der Waals surface area contributed by atoms with Gasteiger partial charge in [0.05, 0.1) is 0 Å². The molecular formula is C17H25N3. The number of hydrogen-bond acceptors (Lipinski definition) is 2. The van der Waals surface area contributed by atoms with Crippen molar-refractivity contribution in [3.8, 4) is 0 Å². The fourth-order valence-corrected chi connectivity index (χ4v) is 3.14. The highest BCUT2D eigenvalue weighted by atomic mass is 15.1. The van der Waals surface area contributed by atoms with Crippen LogP contribution in [0.1, 0.15) is 31.7 Å². The number of rotatable bonds is 5. The van der Waals surface area contributed by atoms with Crippen LogP contribution in [-0.4, -0.2) is 35.6 Å². The van der Waals surface area contributed by atoms with Crippen LogP contribution in [0.2, 0.25) is 0 Å². The Labute approximate surface area is 121 Å². The second-order valence-corrected chi connectivity index (χ2v) is 5.90. The number of hydrogen-bond donors (Lipinski definition) is 2. The smallest absolute Gasteiger partial charge is 0.0457 e. The Morgan fingerprint density at radius 2 is 2.10 bits per heavy atom. The van der Waals surface area contributed by atoms with Crippen molar-refractivity contribution in [2.45, 2.75) is 38.8 Å². The third-order valence-corrected chi connectivity index (χ3v) is 4.34. The number of benzene rings is 1. The molecular weight excluding hydrogens is 246 g/mol. The molecule has 0 amide bonds. The van der Waals surface area contributed by atoms with Crippen molar-refractivity contribution in [2.75, 3.05) is 19.6 Å². The summed E-state index contributed by atoms with van der Waals surface area (Å²) in [6.07, 6.45) is 5.84. The third-order valence-electron chi connectivity index (χ3n) is 4.34. The van der Waals surface area contributed by atoms with Crippen LogP contribution in [0.15, 0.2) is 30.5 Å². The van der Waals surface area contributed by atoms with E-state index in [-0.39, 0.29) is 0 Å². The molecule has 0 radical (unpaired) electrons. The SMILES string of the molecule is CCCN1CCC(NCc2ccc3cc[nH]c3c2)CC1. The highest BCUT2D eigenvalue weighted by Gasteiger charge is 2.17. The number of aromatic amines is 1. The minimum atomic E-state index is 0.683. The van der Waals surface area contributed by atoms with Crippen molar-refractivity contribution >= 4 is 10.9 Å². The summed E-state index contributed by atoms with van der Waals surface area (Å²) < 4.78 is 0. The standard InChI is InChI=1S/C17H25N3/c1-2-9-20-10-6-16(7-11-20)19-13-14-3-4-15-5-8-18-17(15)12-14/h3-5,8,12,16,18-19H,2,6-7,9-11,13H2,1H3. The van der Waals surface area contributed by atoms with E-state index in [2.05, 4.69) is 46.4 Å². The lowest BCUT2D eigenvalue weighted by molar-refractivity contribution is 0.197. The fraction of sp³-hybridized carbons (Fsp3) is 0.529. The molecule has 2 heterocycles. The highest BCUT2D eigenvalue weighted by Crippen LogP contribution is 2.15. The summed E-state index contributed by atoms with van der Waals surface area (Å²) >= 11 is 0. The Bertz CT molecular complexity index is 538. The van der Waals surface area contributed by atoms with Crippen molar-refractivity contribution in [3.05, 3.63) is 36.0 Å². The first kappa shape index (κ1) is 13.7. The van der Waals surface area contributed by atoms with E-state index in [4.69, 9.17) is 0 Å². The predicted octanol–water partition coefficient (Wildman–Crippen LogP) is 3.13. The monoisotopic (exact) mass is 271 g/mol. The van der Waals surface area contributed by atoms with Gasteiger partial charge in [-0.2, -0.15) is 0 Å². The van der Waals surface area contributed by atoms with Crippen molar-refractivity contribution in [2.24, 2.45) is 0 Å². The number of H-pyrrole nitrogens is 1. The summed E-state index contributed by atoms with van der Waals surface area (Å²) in [4.78, 5) is 5.87. The number of nitrogens with one attached hydrogen (secondary N) is 2. The van der Waals surface area contributed by atoms with Gasteiger partial charge in [-0.1, -0.05) is 19.1 Å². The van der Waals surface area contributed by atoms with Crippen LogP contribution in [0.25, 0.3) is 10.9 Å². The molecule has 2 N–H and O–H groups in total. The zero-order valence-electron chi connectivity index (χ0n) is 12.4. The molecule has 2 aromatic rings. The van der Waals surface area contributed by atoms with Crippen molar-refractivity contribution in [1.29, 1.82) is 0 Å². The van der Waals surface area contributed by atoms with E-state index in [1.807, 2.05) is 6.20 Å². The van der Waals surface area contributed by atoms with Crippen molar-refractivity contribution in [3.63, 3.8) is 0 Å². The number of likely N-dealkylation sites (tertiary alicyclic amines) is 1. The summed E-state index contributed by atoms with van der Waals surface area (Å²) in [6.45, 7) is 7.01. The quantitative estimate of drug-likeness (QED) is 0.875. The molecule has 0 atom stereocenters. The molecule has 1 saturated heterocycles. The Balaban J connectivity index is 1.50. The molecule has 108 valence electrons. The topological polar surface area (TPSA) is 31.1 Å². The molecule has 0 aliphatic carbocycles. The van der Waals surface area contributed by atoms with Crippen LogP contribution in [0.5, 0.6) is 0 Å². The molecule has 1 aromatic carbocycles. The van der Waals surface area contributed by atoms with Crippen LogP contribution in [0.3, 0.4) is 0 Å². The van der Waals surface area contributed by atoms with Crippen LogP contribution in [0.4, 0.5) is 0 Å². The average molecular weight is 271 g/mol. The van der Waals surface area contributed by atoms with Crippen LogP contribution < -0.4 is 5.32 Å². The Morgan fingerprint density at radius 1 is 1.25 bits per heavy atom. The minimum Gasteiger partial charge on any atom is -0.361 e. The van der Waals surface area contributed by atoms with Crippen LogP contribution in [0, 0.1) is 0 Å². The van der Waals surface area contributed by atoms with Crippen molar-refractivity contribution < 1.29 is 0 Å². The minimum absolute atomic E-state index is 0.683. The predicted molar refractivity (Wildman–Crippen MR) is 84.9 cm³/mol. The molecule has 3 heteroatoms. The van der Waals surface area contributed by atoms with Gasteiger partial charge < -0.3 is 15.2 Å². The molecule has 1 fully saturated rings. The molecule has 3 nitrogen and oxygen atoms in total. The molecule has 1 aliphatic heterocycles. The maximum Gasteiger partial charge on any atom is 0.0457 e. The van der Waals surface area contributed by atoms with Gasteiger partial charge in [-0.15, -0.1) is 0 Å². The van der Waals surface area contributed by atoms with Gasteiger partial charge in [0.25, 0.3) is 0 Å². The Hall–Kier alpha value is -1.32. The normalized spacial score (nSPS) is 17.9. The first-order valence-corrected chi connectivity index (χ1v) is 7.87. The molecule has 1 aliphatic rings. The van der Waals surface area contributed by atoms with E-state index in [1.165, 1.54) is 55.4 Å². The zero-order chi connectivity index (χ0) is 13.8. The highest BCUT2D eigenvalue weighted by molar-refractivity contribution is 5.79. The lowest BCUT2D eigenvalue weighted by Gasteiger charge is -2.32. The van der Waals surface area contributed by atoms with Crippen LogP contribution >= 0.6 is 0 Å². The van der Waals surface area contributed by atoms with E-state index >= 15 is 0 Å². The van der Waals surface area contributed by atoms with Gasteiger partial charge in [0.1, 0.15) is 0 Å². The largest absolute Gasteiger partial charge is 0.361 e. The Morgan fingerprint density at radius 3 is 2.90 bits per heavy atom. The number of fused-ring (bicyclic) bond motifs is 1. The first-order chi connectivity index (χ1) is 9.85. The summed E-state index contributed by atoms with van der Waals surface area (Å²) in [5, 5.41) is 5.01. The van der Waals surface area contributed by atoms with E-state index in [0.29, 0.717) is 6.04 Å². The number of piperidine rings is 1. The zero-order valence-corrected chi connectivity index (χ0v) is 12.4. The summed E-state index contributed by atoms with van der Waals surface area (Å²) in [5.41, 5.74) is 2.61. The van der Waals surface area contributed by atoms with E-state index < -0.39 is 0 Å². The number of aromatic nitrogens is 1. The number of nitrogens with zero attached hydrogens (tertiary/aromatic N) is 1. The van der Waals surface area contributed by atoms with Gasteiger partial charge in [-0.25, -0.2) is 0 Å². The fourth-order valence-electron chi connectivity index (χ4n) is 3.14. The Kier molecular flexibility index (Phi) is 4.38. The lowest BCUT2D eigenvalue weighted by atomic mass is 10.0. The van der Waals surface area contributed by atoms with E-state index in [1.54, 1.807) is 0 Å². The van der Waals surface area contributed by atoms with Crippen LogP contribution in [-0.2, 0) is 6.54 Å². The molecule has 3 rings (SSSR count). The molecule has 0 unspecified atom stereocenters. The summed E-state index contributed by atoms with van der Waals surface area (Å²) in [6, 6.07) is 9.49. The average Bonchev–Trinajstić information content (AvgIpc) is 2.94. The maximum atomic E-state index is 3.72.